The first-order valence-corrected chi connectivity index (χ1v) is 9.14. The normalized spacial score (nSPS) is 12.1. The number of nitrogens with one attached hydrogen (secondary N) is 1. The van der Waals surface area contributed by atoms with Gasteiger partial charge in [0.1, 0.15) is 18.0 Å². The van der Waals surface area contributed by atoms with E-state index in [9.17, 15) is 4.39 Å². The van der Waals surface area contributed by atoms with Crippen LogP contribution in [0.4, 0.5) is 10.2 Å². The van der Waals surface area contributed by atoms with Crippen molar-refractivity contribution >= 4 is 16.7 Å². The molecule has 5 nitrogen and oxygen atoms in total. The zero-order chi connectivity index (χ0) is 19.5. The fraction of sp³-hybridized carbons (Fsp3) is 0.182. The van der Waals surface area contributed by atoms with Crippen LogP contribution in [-0.4, -0.2) is 26.5 Å². The molecule has 6 heteroatoms. The summed E-state index contributed by atoms with van der Waals surface area (Å²) in [4.78, 5) is 17.3. The SMILES string of the molecule is Cc1ccc(-c2cc(NCC(C)c3ccc(F)c4cccnc34)ncn2)cn1. The van der Waals surface area contributed by atoms with E-state index >= 15 is 0 Å². The molecule has 1 atom stereocenters. The maximum absolute atomic E-state index is 14.0. The van der Waals surface area contributed by atoms with E-state index < -0.39 is 0 Å². The number of fused-ring (bicyclic) bond motifs is 1. The van der Waals surface area contributed by atoms with E-state index in [0.717, 1.165) is 28.3 Å². The third-order valence-corrected chi connectivity index (χ3v) is 4.74. The maximum Gasteiger partial charge on any atom is 0.132 e. The average Bonchev–Trinajstić information content (AvgIpc) is 2.73. The smallest absolute Gasteiger partial charge is 0.132 e. The van der Waals surface area contributed by atoms with E-state index in [2.05, 4.69) is 32.2 Å². The summed E-state index contributed by atoms with van der Waals surface area (Å²) in [5.41, 5.74) is 4.42. The standard InChI is InChI=1S/C22H20FN5/c1-14(17-7-8-19(23)18-4-3-9-24-22(17)18)11-26-21-10-20(27-13-28-21)16-6-5-15(2)25-12-16/h3-10,12-14H,11H2,1-2H3,(H,26,27,28). The van der Waals surface area contributed by atoms with Gasteiger partial charge in [0, 0.05) is 47.6 Å². The molecular formula is C22H20FN5. The molecule has 0 radical (unpaired) electrons. The second kappa shape index (κ2) is 7.68. The van der Waals surface area contributed by atoms with Crippen molar-refractivity contribution in [3.8, 4) is 11.3 Å². The molecule has 0 aliphatic carbocycles. The van der Waals surface area contributed by atoms with Crippen LogP contribution in [0.2, 0.25) is 0 Å². The van der Waals surface area contributed by atoms with Crippen molar-refractivity contribution in [3.63, 3.8) is 0 Å². The number of aryl methyl sites for hydroxylation is 1. The van der Waals surface area contributed by atoms with E-state index in [1.807, 2.05) is 25.1 Å². The molecule has 3 aromatic heterocycles. The molecule has 4 aromatic rings. The monoisotopic (exact) mass is 373 g/mol. The lowest BCUT2D eigenvalue weighted by Gasteiger charge is -2.16. The quantitative estimate of drug-likeness (QED) is 0.547. The molecule has 0 saturated heterocycles. The van der Waals surface area contributed by atoms with Crippen molar-refractivity contribution in [2.45, 2.75) is 19.8 Å². The Kier molecular flexibility index (Phi) is 4.93. The number of halogens is 1. The Morgan fingerprint density at radius 3 is 2.75 bits per heavy atom. The Hall–Kier alpha value is -3.41. The molecule has 28 heavy (non-hydrogen) atoms. The van der Waals surface area contributed by atoms with Gasteiger partial charge in [-0.25, -0.2) is 14.4 Å². The molecule has 1 unspecified atom stereocenters. The highest BCUT2D eigenvalue weighted by Crippen LogP contribution is 2.26. The van der Waals surface area contributed by atoms with Gasteiger partial charge >= 0.3 is 0 Å². The van der Waals surface area contributed by atoms with E-state index in [4.69, 9.17) is 0 Å². The number of aromatic nitrogens is 4. The highest BCUT2D eigenvalue weighted by Gasteiger charge is 2.13. The third kappa shape index (κ3) is 3.67. The van der Waals surface area contributed by atoms with Crippen molar-refractivity contribution in [2.24, 2.45) is 0 Å². The number of nitrogens with zero attached hydrogens (tertiary/aromatic N) is 4. The molecular weight excluding hydrogens is 353 g/mol. The number of hydrogen-bond acceptors (Lipinski definition) is 5. The van der Waals surface area contributed by atoms with E-state index in [1.165, 1.54) is 12.4 Å². The molecule has 140 valence electrons. The van der Waals surface area contributed by atoms with Crippen molar-refractivity contribution in [2.75, 3.05) is 11.9 Å². The van der Waals surface area contributed by atoms with Crippen molar-refractivity contribution in [1.29, 1.82) is 0 Å². The van der Waals surface area contributed by atoms with Crippen LogP contribution >= 0.6 is 0 Å². The van der Waals surface area contributed by atoms with Crippen LogP contribution < -0.4 is 5.32 Å². The highest BCUT2D eigenvalue weighted by molar-refractivity contribution is 5.82. The number of pyridine rings is 2. The summed E-state index contributed by atoms with van der Waals surface area (Å²) < 4.78 is 14.0. The topological polar surface area (TPSA) is 63.6 Å². The van der Waals surface area contributed by atoms with Gasteiger partial charge in [0.15, 0.2) is 0 Å². The van der Waals surface area contributed by atoms with Gasteiger partial charge in [-0.2, -0.15) is 0 Å². The van der Waals surface area contributed by atoms with Crippen LogP contribution in [0, 0.1) is 12.7 Å². The van der Waals surface area contributed by atoms with Crippen LogP contribution in [-0.2, 0) is 0 Å². The Bertz CT molecular complexity index is 1110. The predicted molar refractivity (Wildman–Crippen MR) is 109 cm³/mol. The van der Waals surface area contributed by atoms with Gasteiger partial charge in [-0.3, -0.25) is 9.97 Å². The van der Waals surface area contributed by atoms with Gasteiger partial charge in [-0.1, -0.05) is 13.0 Å². The van der Waals surface area contributed by atoms with E-state index in [1.54, 1.807) is 30.6 Å². The summed E-state index contributed by atoms with van der Waals surface area (Å²) in [5.74, 6) is 0.605. The minimum atomic E-state index is -0.251. The molecule has 0 aliphatic rings. The van der Waals surface area contributed by atoms with Gasteiger partial charge in [-0.05, 0) is 42.8 Å². The first-order chi connectivity index (χ1) is 13.6. The van der Waals surface area contributed by atoms with Crippen LogP contribution in [0.25, 0.3) is 22.2 Å². The van der Waals surface area contributed by atoms with Crippen LogP contribution in [0.3, 0.4) is 0 Å². The van der Waals surface area contributed by atoms with Gasteiger partial charge in [0.25, 0.3) is 0 Å². The Labute approximate surface area is 162 Å². The summed E-state index contributed by atoms with van der Waals surface area (Å²) >= 11 is 0. The number of hydrogen-bond donors (Lipinski definition) is 1. The summed E-state index contributed by atoms with van der Waals surface area (Å²) in [6, 6.07) is 12.7. The first-order valence-electron chi connectivity index (χ1n) is 9.14. The van der Waals surface area contributed by atoms with Crippen LogP contribution in [0.1, 0.15) is 24.1 Å². The molecule has 0 bridgehead atoms. The lowest BCUT2D eigenvalue weighted by atomic mass is 9.97. The molecule has 0 spiro atoms. The molecule has 1 N–H and O–H groups in total. The first kappa shape index (κ1) is 18.0. The average molecular weight is 373 g/mol. The molecule has 3 heterocycles. The summed E-state index contributed by atoms with van der Waals surface area (Å²) in [6.07, 6.45) is 5.04. The fourth-order valence-corrected chi connectivity index (χ4v) is 3.16. The van der Waals surface area contributed by atoms with Crippen molar-refractivity contribution < 1.29 is 4.39 Å². The molecule has 0 aliphatic heterocycles. The van der Waals surface area contributed by atoms with Crippen molar-refractivity contribution in [1.82, 2.24) is 19.9 Å². The van der Waals surface area contributed by atoms with Gasteiger partial charge in [0.2, 0.25) is 0 Å². The zero-order valence-electron chi connectivity index (χ0n) is 15.7. The largest absolute Gasteiger partial charge is 0.369 e. The molecule has 1 aromatic carbocycles. The minimum Gasteiger partial charge on any atom is -0.369 e. The number of rotatable bonds is 5. The molecule has 0 amide bonds. The Balaban J connectivity index is 1.53. The third-order valence-electron chi connectivity index (χ3n) is 4.74. The molecule has 0 fully saturated rings. The Morgan fingerprint density at radius 2 is 1.93 bits per heavy atom. The maximum atomic E-state index is 14.0. The van der Waals surface area contributed by atoms with Gasteiger partial charge in [-0.15, -0.1) is 0 Å². The van der Waals surface area contributed by atoms with Crippen LogP contribution in [0.5, 0.6) is 0 Å². The summed E-state index contributed by atoms with van der Waals surface area (Å²) in [6.45, 7) is 4.67. The van der Waals surface area contributed by atoms with Gasteiger partial charge < -0.3 is 5.32 Å². The minimum absolute atomic E-state index is 0.123. The fourth-order valence-electron chi connectivity index (χ4n) is 3.16. The van der Waals surface area contributed by atoms with Gasteiger partial charge in [0.05, 0.1) is 11.2 Å². The predicted octanol–water partition coefficient (Wildman–Crippen LogP) is 4.75. The number of benzene rings is 1. The molecule has 0 saturated carbocycles. The lowest BCUT2D eigenvalue weighted by Crippen LogP contribution is -2.12. The lowest BCUT2D eigenvalue weighted by molar-refractivity contribution is 0.638. The van der Waals surface area contributed by atoms with Crippen molar-refractivity contribution in [3.05, 3.63) is 78.3 Å². The van der Waals surface area contributed by atoms with E-state index in [-0.39, 0.29) is 11.7 Å². The summed E-state index contributed by atoms with van der Waals surface area (Å²) in [7, 11) is 0. The second-order valence-corrected chi connectivity index (χ2v) is 6.79. The zero-order valence-corrected chi connectivity index (χ0v) is 15.7. The van der Waals surface area contributed by atoms with E-state index in [0.29, 0.717) is 17.4 Å². The summed E-state index contributed by atoms with van der Waals surface area (Å²) in [5, 5.41) is 3.90. The molecule has 4 rings (SSSR count). The Morgan fingerprint density at radius 1 is 1.04 bits per heavy atom. The second-order valence-electron chi connectivity index (χ2n) is 6.79. The number of anilines is 1. The highest BCUT2D eigenvalue weighted by atomic mass is 19.1. The van der Waals surface area contributed by atoms with Crippen LogP contribution in [0.15, 0.2) is 61.2 Å².